The molecule has 0 rings (SSSR count). The molecule has 0 saturated carbocycles. The van der Waals surface area contributed by atoms with Crippen molar-refractivity contribution in [2.45, 2.75) is 20.8 Å². The Balaban J connectivity index is -0.0000000817. The van der Waals surface area contributed by atoms with Crippen molar-refractivity contribution in [3.05, 3.63) is 0 Å². The predicted octanol–water partition coefficient (Wildman–Crippen LogP) is -9.39. The number of carboxylic acids is 6. The third-order valence-corrected chi connectivity index (χ3v) is 2.12. The van der Waals surface area contributed by atoms with Crippen LogP contribution in [0.5, 0.6) is 0 Å². The minimum absolute atomic E-state index is 0. The summed E-state index contributed by atoms with van der Waals surface area (Å²) in [5.41, 5.74) is 0. The molecule has 0 saturated heterocycles. The van der Waals surface area contributed by atoms with E-state index in [2.05, 4.69) is 0 Å². The summed E-state index contributed by atoms with van der Waals surface area (Å²) in [5.74, 6) is -14.3. The van der Waals surface area contributed by atoms with E-state index in [1.807, 2.05) is 0 Å². The zero-order chi connectivity index (χ0) is 20.2. The summed E-state index contributed by atoms with van der Waals surface area (Å²) in [4.78, 5) is 57.7. The second kappa shape index (κ2) is 17.7. The topological polar surface area (TPSA) is 241 Å². The van der Waals surface area contributed by atoms with Gasteiger partial charge in [0, 0.05) is 53.6 Å². The molecule has 0 aliphatic heterocycles. The second-order valence-corrected chi connectivity index (χ2v) is 4.08. The predicted molar refractivity (Wildman–Crippen MR) is 69.0 cm³/mol. The number of carbonyl (C=O) groups excluding carboxylic acids is 6. The number of hydrogen-bond acceptors (Lipinski definition) is 12. The Morgan fingerprint density at radius 3 is 0.500 bits per heavy atom. The van der Waals surface area contributed by atoms with Crippen molar-refractivity contribution in [2.75, 3.05) is 0 Å². The molecule has 0 aromatic heterocycles. The van der Waals surface area contributed by atoms with Gasteiger partial charge in [-0.2, -0.15) is 0 Å². The Bertz CT molecular complexity index is 391. The molecule has 0 aliphatic rings. The zero-order valence-electron chi connectivity index (χ0n) is 13.8. The van der Waals surface area contributed by atoms with Gasteiger partial charge in [-0.05, 0) is 0 Å². The SMILES string of the molecule is CC(C(=O)[O-])C(=O)[O-].CC(C(=O)[O-])C(=O)[O-].CC(C(=O)[O-])C(=O)[O-].[Al+3].[Al+3]. The van der Waals surface area contributed by atoms with Gasteiger partial charge in [-0.1, -0.05) is 20.8 Å². The molecular weight excluding hydrogens is 390 g/mol. The largest absolute Gasteiger partial charge is 3.00 e. The summed E-state index contributed by atoms with van der Waals surface area (Å²) in [6.07, 6.45) is 0. The van der Waals surface area contributed by atoms with Crippen LogP contribution in [-0.2, 0) is 28.8 Å². The first-order chi connectivity index (χ1) is 10.7. The molecule has 0 fully saturated rings. The fraction of sp³-hybridized carbons (Fsp3) is 0.500. The number of carbonyl (C=O) groups is 6. The van der Waals surface area contributed by atoms with Crippen LogP contribution in [-0.4, -0.2) is 70.5 Å². The van der Waals surface area contributed by atoms with Gasteiger partial charge in [0.1, 0.15) is 0 Å². The van der Waals surface area contributed by atoms with Crippen LogP contribution in [0.15, 0.2) is 0 Å². The van der Waals surface area contributed by atoms with Gasteiger partial charge in [0.2, 0.25) is 0 Å². The van der Waals surface area contributed by atoms with Crippen LogP contribution >= 0.6 is 0 Å². The van der Waals surface area contributed by atoms with Crippen molar-refractivity contribution in [3.63, 3.8) is 0 Å². The Labute approximate surface area is 168 Å². The fourth-order valence-corrected chi connectivity index (χ4v) is 0.289. The van der Waals surface area contributed by atoms with Crippen molar-refractivity contribution in [1.29, 1.82) is 0 Å². The van der Waals surface area contributed by atoms with Crippen molar-refractivity contribution in [3.8, 4) is 0 Å². The maximum Gasteiger partial charge on any atom is 3.00 e. The van der Waals surface area contributed by atoms with Crippen molar-refractivity contribution >= 4 is 70.5 Å². The molecule has 0 amide bonds. The molecule has 12 nitrogen and oxygen atoms in total. The van der Waals surface area contributed by atoms with E-state index in [4.69, 9.17) is 0 Å². The molecule has 0 atom stereocenters. The first-order valence-corrected chi connectivity index (χ1v) is 5.91. The minimum atomic E-state index is -1.62. The average molecular weight is 402 g/mol. The van der Waals surface area contributed by atoms with E-state index in [-0.39, 0.29) is 34.7 Å². The van der Waals surface area contributed by atoms with Gasteiger partial charge in [-0.3, -0.25) is 0 Å². The molecule has 0 heterocycles. The van der Waals surface area contributed by atoms with Crippen molar-refractivity contribution in [2.24, 2.45) is 17.8 Å². The van der Waals surface area contributed by atoms with Crippen molar-refractivity contribution in [1.82, 2.24) is 0 Å². The molecule has 0 aromatic carbocycles. The summed E-state index contributed by atoms with van der Waals surface area (Å²) in [7, 11) is 0. The smallest absolute Gasteiger partial charge is 0.549 e. The van der Waals surface area contributed by atoms with Crippen LogP contribution < -0.4 is 30.6 Å². The number of rotatable bonds is 6. The third kappa shape index (κ3) is 19.9. The number of aliphatic carboxylic acids is 6. The summed E-state index contributed by atoms with van der Waals surface area (Å²) < 4.78 is 0. The van der Waals surface area contributed by atoms with Crippen LogP contribution in [0.4, 0.5) is 0 Å². The number of carboxylic acid groups (broad SMARTS) is 6. The molecule has 0 spiro atoms. The number of hydrogen-bond donors (Lipinski definition) is 0. The van der Waals surface area contributed by atoms with E-state index in [0.717, 1.165) is 20.8 Å². The molecule has 14 heteroatoms. The van der Waals surface area contributed by atoms with Gasteiger partial charge >= 0.3 is 34.7 Å². The molecule has 26 heavy (non-hydrogen) atoms. The molecule has 0 aromatic rings. The minimum Gasteiger partial charge on any atom is -0.549 e. The Morgan fingerprint density at radius 1 is 0.423 bits per heavy atom. The van der Waals surface area contributed by atoms with E-state index >= 15 is 0 Å². The zero-order valence-corrected chi connectivity index (χ0v) is 16.1. The molecule has 0 aliphatic carbocycles. The maximum absolute atomic E-state index is 9.61. The van der Waals surface area contributed by atoms with Crippen LogP contribution in [0.3, 0.4) is 0 Å². The Hall–Kier alpha value is -2.12. The van der Waals surface area contributed by atoms with Crippen molar-refractivity contribution < 1.29 is 59.4 Å². The van der Waals surface area contributed by atoms with E-state index < -0.39 is 53.6 Å². The van der Waals surface area contributed by atoms with Crippen LogP contribution in [0.25, 0.3) is 0 Å². The first-order valence-electron chi connectivity index (χ1n) is 5.91. The van der Waals surface area contributed by atoms with Gasteiger partial charge in [-0.15, -0.1) is 0 Å². The van der Waals surface area contributed by atoms with E-state index in [1.54, 1.807) is 0 Å². The molecule has 0 radical (unpaired) electrons. The van der Waals surface area contributed by atoms with E-state index in [0.29, 0.717) is 0 Å². The van der Waals surface area contributed by atoms with Crippen LogP contribution in [0, 0.1) is 17.8 Å². The summed E-state index contributed by atoms with van der Waals surface area (Å²) in [6.45, 7) is 2.97. The molecule has 0 bridgehead atoms. The normalized spacial score (nSPS) is 8.54. The Kier molecular flexibility index (Phi) is 23.9. The third-order valence-electron chi connectivity index (χ3n) is 2.12. The van der Waals surface area contributed by atoms with Crippen LogP contribution in [0.2, 0.25) is 0 Å². The van der Waals surface area contributed by atoms with Gasteiger partial charge in [0.25, 0.3) is 0 Å². The monoisotopic (exact) mass is 402 g/mol. The molecule has 0 N–H and O–H groups in total. The van der Waals surface area contributed by atoms with Gasteiger partial charge in [-0.25, -0.2) is 0 Å². The standard InChI is InChI=1S/3C4H6O4.2Al/c3*1-2(3(5)6)4(7)8;;/h3*2H,1H3,(H,5,6)(H,7,8);;/q;;;2*+3/p-6. The molecule has 138 valence electrons. The molecule has 0 unspecified atom stereocenters. The first kappa shape index (κ1) is 35.1. The summed E-state index contributed by atoms with van der Waals surface area (Å²) in [5, 5.41) is 57.7. The van der Waals surface area contributed by atoms with Gasteiger partial charge in [0.15, 0.2) is 0 Å². The Morgan fingerprint density at radius 2 is 0.500 bits per heavy atom. The van der Waals surface area contributed by atoms with Gasteiger partial charge in [0.05, 0.1) is 0 Å². The summed E-state index contributed by atoms with van der Waals surface area (Å²) >= 11 is 0. The quantitative estimate of drug-likeness (QED) is 0.297. The second-order valence-electron chi connectivity index (χ2n) is 4.08. The van der Waals surface area contributed by atoms with Gasteiger partial charge < -0.3 is 59.4 Å². The van der Waals surface area contributed by atoms with E-state index in [1.165, 1.54) is 0 Å². The summed E-state index contributed by atoms with van der Waals surface area (Å²) in [6, 6.07) is 0. The van der Waals surface area contributed by atoms with E-state index in [9.17, 15) is 59.4 Å². The maximum atomic E-state index is 9.61. The van der Waals surface area contributed by atoms with Crippen LogP contribution in [0.1, 0.15) is 20.8 Å². The fourth-order valence-electron chi connectivity index (χ4n) is 0.289. The average Bonchev–Trinajstić information content (AvgIpc) is 2.45. The molecular formula is C12H12Al2O12.